The third kappa shape index (κ3) is 7.24. The molecule has 1 fully saturated rings. The molecule has 5 atom stereocenters. The molecular weight excluding hydrogens is 440 g/mol. The number of aliphatic carboxylic acids is 1. The predicted molar refractivity (Wildman–Crippen MR) is 127 cm³/mol. The number of carboxylic acids is 1. The summed E-state index contributed by atoms with van der Waals surface area (Å²) < 4.78 is 9.88. The number of aliphatic hydroxyl groups is 3. The third-order valence-electron chi connectivity index (χ3n) is 6.16. The van der Waals surface area contributed by atoms with Crippen LogP contribution in [0.15, 0.2) is 58.7 Å². The van der Waals surface area contributed by atoms with Gasteiger partial charge in [0.2, 0.25) is 6.29 Å². The highest BCUT2D eigenvalue weighted by atomic mass is 16.7. The SMILES string of the molecule is CC1=C(/C=C/C(C)=C\C=C\C(C)=C\C(=O)O[C@@H]2O[C@H](C(=O)O)[C@@H](O)[C@H](O)[C@H]2O)C(C)(C)CCC1. The van der Waals surface area contributed by atoms with Gasteiger partial charge in [-0.2, -0.15) is 0 Å². The van der Waals surface area contributed by atoms with Gasteiger partial charge in [-0.15, -0.1) is 0 Å². The Morgan fingerprint density at radius 3 is 2.35 bits per heavy atom. The molecule has 0 aromatic heterocycles. The maximum absolute atomic E-state index is 12.2. The zero-order valence-electron chi connectivity index (χ0n) is 20.4. The van der Waals surface area contributed by atoms with Crippen LogP contribution in [0.3, 0.4) is 0 Å². The van der Waals surface area contributed by atoms with Crippen LogP contribution in [-0.2, 0) is 19.1 Å². The van der Waals surface area contributed by atoms with Gasteiger partial charge in [0, 0.05) is 6.08 Å². The van der Waals surface area contributed by atoms with E-state index in [0.717, 1.165) is 18.1 Å². The topological polar surface area (TPSA) is 134 Å². The average molecular weight is 477 g/mol. The molecule has 188 valence electrons. The highest BCUT2D eigenvalue weighted by molar-refractivity contribution is 5.83. The first-order valence-electron chi connectivity index (χ1n) is 11.4. The van der Waals surface area contributed by atoms with Crippen molar-refractivity contribution in [3.8, 4) is 0 Å². The molecule has 1 saturated heterocycles. The molecule has 1 aliphatic heterocycles. The van der Waals surface area contributed by atoms with Gasteiger partial charge in [0.25, 0.3) is 0 Å². The lowest BCUT2D eigenvalue weighted by Gasteiger charge is -2.37. The number of rotatable bonds is 7. The van der Waals surface area contributed by atoms with Gasteiger partial charge in [0.05, 0.1) is 0 Å². The minimum Gasteiger partial charge on any atom is -0.479 e. The first kappa shape index (κ1) is 27.7. The van der Waals surface area contributed by atoms with Crippen LogP contribution in [0.1, 0.15) is 53.9 Å². The Balaban J connectivity index is 1.98. The molecular formula is C26H36O8. The monoisotopic (exact) mass is 476 g/mol. The molecule has 8 nitrogen and oxygen atoms in total. The van der Waals surface area contributed by atoms with Crippen molar-refractivity contribution in [1.29, 1.82) is 0 Å². The number of carboxylic acid groups (broad SMARTS) is 1. The summed E-state index contributed by atoms with van der Waals surface area (Å²) in [6.07, 6.45) is 5.29. The van der Waals surface area contributed by atoms with Crippen LogP contribution < -0.4 is 0 Å². The van der Waals surface area contributed by atoms with Crippen molar-refractivity contribution in [3.63, 3.8) is 0 Å². The predicted octanol–water partition coefficient (Wildman–Crippen LogP) is 2.95. The molecule has 0 saturated carbocycles. The molecule has 2 aliphatic rings. The van der Waals surface area contributed by atoms with Gasteiger partial charge in [0.1, 0.15) is 18.3 Å². The van der Waals surface area contributed by atoms with E-state index in [0.29, 0.717) is 5.57 Å². The van der Waals surface area contributed by atoms with E-state index in [2.05, 4.69) is 32.9 Å². The zero-order chi connectivity index (χ0) is 25.6. The first-order chi connectivity index (χ1) is 15.8. The van der Waals surface area contributed by atoms with Crippen molar-refractivity contribution in [2.24, 2.45) is 5.41 Å². The van der Waals surface area contributed by atoms with Crippen LogP contribution in [-0.4, -0.2) is 63.1 Å². The number of ether oxygens (including phenoxy) is 2. The minimum absolute atomic E-state index is 0.170. The Morgan fingerprint density at radius 2 is 1.74 bits per heavy atom. The number of aliphatic hydroxyl groups excluding tert-OH is 3. The molecule has 34 heavy (non-hydrogen) atoms. The van der Waals surface area contributed by atoms with Crippen LogP contribution in [0.5, 0.6) is 0 Å². The van der Waals surface area contributed by atoms with Gasteiger partial charge >= 0.3 is 11.9 Å². The Morgan fingerprint density at radius 1 is 1.06 bits per heavy atom. The highest BCUT2D eigenvalue weighted by Gasteiger charge is 2.48. The average Bonchev–Trinajstić information content (AvgIpc) is 2.73. The van der Waals surface area contributed by atoms with E-state index in [1.54, 1.807) is 19.1 Å². The maximum atomic E-state index is 12.2. The van der Waals surface area contributed by atoms with Gasteiger partial charge in [0.15, 0.2) is 6.10 Å². The Labute approximate surface area is 200 Å². The number of hydrogen-bond donors (Lipinski definition) is 4. The van der Waals surface area contributed by atoms with E-state index in [1.165, 1.54) is 24.0 Å². The molecule has 2 rings (SSSR count). The lowest BCUT2D eigenvalue weighted by atomic mass is 9.72. The molecule has 0 bridgehead atoms. The van der Waals surface area contributed by atoms with E-state index in [9.17, 15) is 24.9 Å². The Hall–Kier alpha value is -2.52. The molecule has 0 unspecified atom stereocenters. The minimum atomic E-state index is -1.85. The third-order valence-corrected chi connectivity index (χ3v) is 6.16. The van der Waals surface area contributed by atoms with Crippen molar-refractivity contribution in [2.75, 3.05) is 0 Å². The molecule has 0 radical (unpaired) electrons. The maximum Gasteiger partial charge on any atom is 0.335 e. The van der Waals surface area contributed by atoms with Gasteiger partial charge in [-0.25, -0.2) is 9.59 Å². The molecule has 0 spiro atoms. The van der Waals surface area contributed by atoms with Gasteiger partial charge in [-0.1, -0.05) is 55.4 Å². The molecule has 4 N–H and O–H groups in total. The molecule has 0 aromatic rings. The molecule has 1 aliphatic carbocycles. The lowest BCUT2D eigenvalue weighted by molar-refractivity contribution is -0.284. The zero-order valence-corrected chi connectivity index (χ0v) is 20.4. The summed E-state index contributed by atoms with van der Waals surface area (Å²) in [6.45, 7) is 10.4. The van der Waals surface area contributed by atoms with Gasteiger partial charge < -0.3 is 29.9 Å². The van der Waals surface area contributed by atoms with Crippen molar-refractivity contribution < 1.29 is 39.5 Å². The second kappa shape index (κ2) is 11.8. The van der Waals surface area contributed by atoms with Crippen molar-refractivity contribution in [2.45, 2.75) is 84.6 Å². The quantitative estimate of drug-likeness (QED) is 0.250. The number of esters is 1. The fourth-order valence-electron chi connectivity index (χ4n) is 4.16. The Bertz CT molecular complexity index is 921. The summed E-state index contributed by atoms with van der Waals surface area (Å²) in [6, 6.07) is 0. The first-order valence-corrected chi connectivity index (χ1v) is 11.4. The number of carbonyl (C=O) groups is 2. The summed E-state index contributed by atoms with van der Waals surface area (Å²) in [5.41, 5.74) is 4.56. The van der Waals surface area contributed by atoms with Crippen LogP contribution in [0, 0.1) is 5.41 Å². The summed E-state index contributed by atoms with van der Waals surface area (Å²) >= 11 is 0. The van der Waals surface area contributed by atoms with Crippen LogP contribution in [0.25, 0.3) is 0 Å². The number of carbonyl (C=O) groups excluding carboxylic acids is 1. The number of allylic oxidation sites excluding steroid dienone is 9. The fourth-order valence-corrected chi connectivity index (χ4v) is 4.16. The van der Waals surface area contributed by atoms with E-state index in [1.807, 2.05) is 13.0 Å². The summed E-state index contributed by atoms with van der Waals surface area (Å²) in [5.74, 6) is -2.44. The van der Waals surface area contributed by atoms with Crippen molar-refractivity contribution in [3.05, 3.63) is 58.7 Å². The normalized spacial score (nSPS) is 30.8. The molecule has 0 amide bonds. The second-order valence-corrected chi connectivity index (χ2v) is 9.59. The molecule has 1 heterocycles. The largest absolute Gasteiger partial charge is 0.479 e. The summed E-state index contributed by atoms with van der Waals surface area (Å²) in [5, 5.41) is 38.5. The van der Waals surface area contributed by atoms with E-state index in [4.69, 9.17) is 14.6 Å². The smallest absolute Gasteiger partial charge is 0.335 e. The lowest BCUT2D eigenvalue weighted by Crippen LogP contribution is -2.60. The van der Waals surface area contributed by atoms with Crippen LogP contribution in [0.4, 0.5) is 0 Å². The van der Waals surface area contributed by atoms with E-state index < -0.39 is 42.6 Å². The van der Waals surface area contributed by atoms with Crippen molar-refractivity contribution >= 4 is 11.9 Å². The van der Waals surface area contributed by atoms with Crippen LogP contribution >= 0.6 is 0 Å². The second-order valence-electron chi connectivity index (χ2n) is 9.59. The van der Waals surface area contributed by atoms with Gasteiger partial charge in [-0.05, 0) is 56.6 Å². The van der Waals surface area contributed by atoms with Crippen LogP contribution in [0.2, 0.25) is 0 Å². The fraction of sp³-hybridized carbons (Fsp3) is 0.538. The van der Waals surface area contributed by atoms with E-state index in [-0.39, 0.29) is 5.41 Å². The molecule has 8 heteroatoms. The standard InChI is InChI=1S/C26H36O8/c1-15(11-12-18-17(3)10-7-13-26(18,4)5)8-6-9-16(2)14-19(27)33-25-22(30)20(28)21(29)23(34-25)24(31)32/h6,8-9,11-12,14,20-23,25,28-30H,7,10,13H2,1-5H3,(H,31,32)/b9-6+,12-11+,15-8-,16-14+/t20-,21-,22+,23-,25+/m0/s1. The van der Waals surface area contributed by atoms with E-state index >= 15 is 0 Å². The number of hydrogen-bond acceptors (Lipinski definition) is 7. The summed E-state index contributed by atoms with van der Waals surface area (Å²) in [7, 11) is 0. The van der Waals surface area contributed by atoms with Crippen molar-refractivity contribution in [1.82, 2.24) is 0 Å². The Kier molecular flexibility index (Phi) is 9.58. The highest BCUT2D eigenvalue weighted by Crippen LogP contribution is 2.40. The summed E-state index contributed by atoms with van der Waals surface area (Å²) in [4.78, 5) is 23.3. The van der Waals surface area contributed by atoms with Gasteiger partial charge in [-0.3, -0.25) is 0 Å². The molecule has 0 aromatic carbocycles.